The Kier molecular flexibility index (Phi) is 14.5. The van der Waals surface area contributed by atoms with E-state index in [2.05, 4.69) is 9.98 Å². The summed E-state index contributed by atoms with van der Waals surface area (Å²) in [6.07, 6.45) is 6.74. The van der Waals surface area contributed by atoms with E-state index in [1.54, 1.807) is 0 Å². The SMILES string of the molecule is CCC(O)(O)O.O=C=NCCCCCCN=C=O. The van der Waals surface area contributed by atoms with Crippen LogP contribution in [0.15, 0.2) is 9.98 Å². The number of aliphatic hydroxyl groups is 3. The van der Waals surface area contributed by atoms with Crippen LogP contribution < -0.4 is 0 Å². The van der Waals surface area contributed by atoms with Crippen molar-refractivity contribution >= 4 is 12.2 Å². The lowest BCUT2D eigenvalue weighted by atomic mass is 10.2. The Morgan fingerprint density at radius 1 is 0.889 bits per heavy atom. The molecule has 3 N–H and O–H groups in total. The summed E-state index contributed by atoms with van der Waals surface area (Å²) in [5, 5.41) is 23.8. The zero-order valence-electron chi connectivity index (χ0n) is 10.5. The maximum atomic E-state index is 9.63. The molecule has 0 aliphatic rings. The molecule has 0 spiro atoms. The Morgan fingerprint density at radius 3 is 1.44 bits per heavy atom. The van der Waals surface area contributed by atoms with Crippen molar-refractivity contribution in [1.29, 1.82) is 0 Å². The van der Waals surface area contributed by atoms with Gasteiger partial charge < -0.3 is 15.3 Å². The molecule has 0 rings (SSSR count). The van der Waals surface area contributed by atoms with Crippen molar-refractivity contribution in [2.75, 3.05) is 13.1 Å². The highest BCUT2D eigenvalue weighted by atomic mass is 16.7. The summed E-state index contributed by atoms with van der Waals surface area (Å²) >= 11 is 0. The summed E-state index contributed by atoms with van der Waals surface area (Å²) in [6, 6.07) is 0. The predicted octanol–water partition coefficient (Wildman–Crippen LogP) is 0.245. The van der Waals surface area contributed by atoms with Crippen LogP contribution in [0.1, 0.15) is 39.0 Å². The van der Waals surface area contributed by atoms with Gasteiger partial charge in [-0.2, -0.15) is 0 Å². The Balaban J connectivity index is 0. The molecule has 0 heterocycles. The van der Waals surface area contributed by atoms with Gasteiger partial charge in [-0.15, -0.1) is 0 Å². The van der Waals surface area contributed by atoms with Crippen LogP contribution in [-0.4, -0.2) is 46.5 Å². The average molecular weight is 260 g/mol. The van der Waals surface area contributed by atoms with Crippen molar-refractivity contribution < 1.29 is 24.9 Å². The Bertz CT molecular complexity index is 254. The number of aliphatic imine (C=N–C) groups is 2. The van der Waals surface area contributed by atoms with Crippen LogP contribution in [0.2, 0.25) is 0 Å². The van der Waals surface area contributed by atoms with Gasteiger partial charge >= 0.3 is 0 Å². The summed E-state index contributed by atoms with van der Waals surface area (Å²) < 4.78 is 0. The van der Waals surface area contributed by atoms with Crippen LogP contribution in [0.3, 0.4) is 0 Å². The van der Waals surface area contributed by atoms with Gasteiger partial charge in [0.15, 0.2) is 0 Å². The second-order valence-corrected chi connectivity index (χ2v) is 3.49. The van der Waals surface area contributed by atoms with E-state index in [9.17, 15) is 9.59 Å². The predicted molar refractivity (Wildman–Crippen MR) is 64.1 cm³/mol. The molecule has 0 radical (unpaired) electrons. The molecule has 7 nitrogen and oxygen atoms in total. The van der Waals surface area contributed by atoms with E-state index in [4.69, 9.17) is 15.3 Å². The number of unbranched alkanes of at least 4 members (excludes halogenated alkanes) is 3. The van der Waals surface area contributed by atoms with Gasteiger partial charge in [-0.05, 0) is 12.8 Å². The number of nitrogens with zero attached hydrogens (tertiary/aromatic N) is 2. The summed E-state index contributed by atoms with van der Waals surface area (Å²) in [4.78, 5) is 26.1. The maximum Gasteiger partial charge on any atom is 0.274 e. The van der Waals surface area contributed by atoms with Crippen LogP contribution in [0.5, 0.6) is 0 Å². The Morgan fingerprint density at radius 2 is 1.22 bits per heavy atom. The molecule has 7 heteroatoms. The second kappa shape index (κ2) is 13.7. The number of rotatable bonds is 8. The normalized spacial score (nSPS) is 9.56. The second-order valence-electron chi connectivity index (χ2n) is 3.49. The first-order valence-corrected chi connectivity index (χ1v) is 5.72. The number of isocyanates is 2. The highest BCUT2D eigenvalue weighted by Crippen LogP contribution is 1.99. The maximum absolute atomic E-state index is 9.63. The first kappa shape index (κ1) is 19.0. The largest absolute Gasteiger partial charge is 0.344 e. The lowest BCUT2D eigenvalue weighted by molar-refractivity contribution is -0.312. The van der Waals surface area contributed by atoms with Crippen LogP contribution in [0.4, 0.5) is 0 Å². The molecule has 0 saturated carbocycles. The quantitative estimate of drug-likeness (QED) is 0.250. The standard InChI is InChI=1S/C8H12N2O2.C3H8O3/c11-7-9-5-3-1-2-4-6-10-8-12;1-2-3(4,5)6/h1-6H2;4-6H,2H2,1H3. The van der Waals surface area contributed by atoms with E-state index < -0.39 is 5.97 Å². The summed E-state index contributed by atoms with van der Waals surface area (Å²) in [5.74, 6) is -2.46. The molecule has 0 aliphatic carbocycles. The minimum absolute atomic E-state index is 0.0625. The molecule has 0 unspecified atom stereocenters. The van der Waals surface area contributed by atoms with Gasteiger partial charge in [-0.25, -0.2) is 19.6 Å². The number of carbonyl (C=O) groups excluding carboxylic acids is 2. The van der Waals surface area contributed by atoms with E-state index in [-0.39, 0.29) is 6.42 Å². The monoisotopic (exact) mass is 260 g/mol. The molecule has 0 aromatic carbocycles. The number of hydrogen-bond acceptors (Lipinski definition) is 7. The first-order valence-electron chi connectivity index (χ1n) is 5.72. The smallest absolute Gasteiger partial charge is 0.274 e. The first-order chi connectivity index (χ1) is 8.47. The lowest BCUT2D eigenvalue weighted by Crippen LogP contribution is -2.24. The zero-order valence-corrected chi connectivity index (χ0v) is 10.5. The molecule has 0 fully saturated rings. The van der Waals surface area contributed by atoms with Crippen molar-refractivity contribution in [3.05, 3.63) is 0 Å². The molecule has 0 atom stereocenters. The molecule has 0 aliphatic heterocycles. The van der Waals surface area contributed by atoms with E-state index >= 15 is 0 Å². The fourth-order valence-electron chi connectivity index (χ4n) is 0.827. The molecule has 0 aromatic rings. The van der Waals surface area contributed by atoms with Crippen molar-refractivity contribution in [1.82, 2.24) is 0 Å². The molecule has 18 heavy (non-hydrogen) atoms. The van der Waals surface area contributed by atoms with Crippen molar-refractivity contribution in [3.63, 3.8) is 0 Å². The highest BCUT2D eigenvalue weighted by Gasteiger charge is 2.11. The van der Waals surface area contributed by atoms with Crippen molar-refractivity contribution in [2.45, 2.75) is 45.0 Å². The average Bonchev–Trinajstić information content (AvgIpc) is 2.33. The zero-order chi connectivity index (χ0) is 14.3. The van der Waals surface area contributed by atoms with Gasteiger partial charge in [0.2, 0.25) is 12.2 Å². The van der Waals surface area contributed by atoms with Crippen LogP contribution in [0, 0.1) is 0 Å². The highest BCUT2D eigenvalue weighted by molar-refractivity contribution is 5.32. The van der Waals surface area contributed by atoms with E-state index in [1.807, 2.05) is 0 Å². The third-order valence-corrected chi connectivity index (χ3v) is 1.89. The van der Waals surface area contributed by atoms with E-state index in [0.717, 1.165) is 25.7 Å². The lowest BCUT2D eigenvalue weighted by Gasteiger charge is -2.08. The fraction of sp³-hybridized carbons (Fsp3) is 0.818. The van der Waals surface area contributed by atoms with E-state index in [1.165, 1.54) is 19.1 Å². The van der Waals surface area contributed by atoms with Crippen LogP contribution in [0.25, 0.3) is 0 Å². The summed E-state index contributed by atoms with van der Waals surface area (Å²) in [6.45, 7) is 2.57. The molecule has 104 valence electrons. The topological polar surface area (TPSA) is 120 Å². The van der Waals surface area contributed by atoms with Gasteiger partial charge in [-0.1, -0.05) is 19.8 Å². The van der Waals surface area contributed by atoms with Crippen molar-refractivity contribution in [2.24, 2.45) is 9.98 Å². The molecule has 0 saturated heterocycles. The minimum atomic E-state index is -2.46. The van der Waals surface area contributed by atoms with Crippen molar-refractivity contribution in [3.8, 4) is 0 Å². The van der Waals surface area contributed by atoms with Gasteiger partial charge in [0.25, 0.3) is 5.97 Å². The summed E-state index contributed by atoms with van der Waals surface area (Å²) in [5.41, 5.74) is 0. The summed E-state index contributed by atoms with van der Waals surface area (Å²) in [7, 11) is 0. The van der Waals surface area contributed by atoms with E-state index in [0.29, 0.717) is 13.1 Å². The third kappa shape index (κ3) is 24.1. The third-order valence-electron chi connectivity index (χ3n) is 1.89. The molecule has 0 aromatic heterocycles. The van der Waals surface area contributed by atoms with Gasteiger partial charge in [0.1, 0.15) is 0 Å². The molecule has 0 amide bonds. The fourth-order valence-corrected chi connectivity index (χ4v) is 0.827. The Hall–Kier alpha value is -1.36. The molecular weight excluding hydrogens is 240 g/mol. The Labute approximate surface area is 106 Å². The van der Waals surface area contributed by atoms with Crippen LogP contribution in [-0.2, 0) is 9.59 Å². The van der Waals surface area contributed by atoms with Gasteiger partial charge in [-0.3, -0.25) is 0 Å². The number of hydrogen-bond donors (Lipinski definition) is 3. The molecule has 0 bridgehead atoms. The van der Waals surface area contributed by atoms with Crippen LogP contribution >= 0.6 is 0 Å². The van der Waals surface area contributed by atoms with Gasteiger partial charge in [0, 0.05) is 6.42 Å². The molecular formula is C11H20N2O5. The minimum Gasteiger partial charge on any atom is -0.344 e. The van der Waals surface area contributed by atoms with Gasteiger partial charge in [0.05, 0.1) is 13.1 Å².